The van der Waals surface area contributed by atoms with Crippen LogP contribution in [-0.4, -0.2) is 5.88 Å². The van der Waals surface area contributed by atoms with Gasteiger partial charge in [0.25, 0.3) is 0 Å². The number of aryl methyl sites for hydroxylation is 1. The summed E-state index contributed by atoms with van der Waals surface area (Å²) in [6, 6.07) is 9.22. The summed E-state index contributed by atoms with van der Waals surface area (Å²) in [4.78, 5) is 0. The Labute approximate surface area is 96.6 Å². The predicted octanol–water partition coefficient (Wildman–Crippen LogP) is 3.91. The monoisotopic (exact) mass is 220 g/mol. The average Bonchev–Trinajstić information content (AvgIpc) is 2.16. The van der Waals surface area contributed by atoms with Gasteiger partial charge < -0.3 is 0 Å². The van der Waals surface area contributed by atoms with E-state index in [1.165, 1.54) is 24.8 Å². The Kier molecular flexibility index (Phi) is 1.95. The van der Waals surface area contributed by atoms with Crippen molar-refractivity contribution in [3.63, 3.8) is 0 Å². The van der Waals surface area contributed by atoms with Crippen LogP contribution in [0.15, 0.2) is 24.3 Å². The Hall–Kier alpha value is -0.490. The summed E-state index contributed by atoms with van der Waals surface area (Å²) in [5.41, 5.74) is 4.05. The fourth-order valence-electron chi connectivity index (χ4n) is 3.54. The summed E-state index contributed by atoms with van der Waals surface area (Å²) in [7, 11) is 0. The number of benzene rings is 1. The summed E-state index contributed by atoms with van der Waals surface area (Å²) in [6.45, 7) is 2.21. The zero-order chi connectivity index (χ0) is 10.5. The second-order valence-electron chi connectivity index (χ2n) is 5.49. The van der Waals surface area contributed by atoms with Crippen molar-refractivity contribution in [3.05, 3.63) is 35.4 Å². The van der Waals surface area contributed by atoms with E-state index in [1.807, 2.05) is 0 Å². The zero-order valence-electron chi connectivity index (χ0n) is 9.22. The van der Waals surface area contributed by atoms with E-state index in [0.29, 0.717) is 10.8 Å². The van der Waals surface area contributed by atoms with Gasteiger partial charge in [0.05, 0.1) is 0 Å². The van der Waals surface area contributed by atoms with Gasteiger partial charge in [0, 0.05) is 5.88 Å². The van der Waals surface area contributed by atoms with Crippen LogP contribution in [0.1, 0.15) is 37.3 Å². The fraction of sp³-hybridized carbons (Fsp3) is 0.571. The van der Waals surface area contributed by atoms with Gasteiger partial charge in [-0.2, -0.15) is 0 Å². The summed E-state index contributed by atoms with van der Waals surface area (Å²) >= 11 is 5.98. The molecule has 1 heteroatoms. The van der Waals surface area contributed by atoms with Gasteiger partial charge in [-0.3, -0.25) is 0 Å². The van der Waals surface area contributed by atoms with Crippen LogP contribution in [0.25, 0.3) is 0 Å². The molecule has 0 aromatic heterocycles. The van der Waals surface area contributed by atoms with Gasteiger partial charge in [0.1, 0.15) is 0 Å². The molecule has 0 aliphatic heterocycles. The van der Waals surface area contributed by atoms with Crippen molar-refractivity contribution < 1.29 is 0 Å². The van der Waals surface area contributed by atoms with E-state index < -0.39 is 0 Å². The van der Waals surface area contributed by atoms with Crippen LogP contribution in [0.2, 0.25) is 0 Å². The molecule has 0 N–H and O–H groups in total. The number of rotatable bonds is 3. The highest BCUT2D eigenvalue weighted by molar-refractivity contribution is 6.18. The molecule has 0 amide bonds. The molecule has 3 aliphatic rings. The molecule has 3 fully saturated rings. The van der Waals surface area contributed by atoms with Crippen LogP contribution in [-0.2, 0) is 11.8 Å². The lowest BCUT2D eigenvalue weighted by atomic mass is 9.34. The Balaban J connectivity index is 1.79. The summed E-state index contributed by atoms with van der Waals surface area (Å²) in [5.74, 6) is 0.863. The van der Waals surface area contributed by atoms with Gasteiger partial charge in [0.15, 0.2) is 0 Å². The third-order valence-electron chi connectivity index (χ3n) is 4.40. The van der Waals surface area contributed by atoms with E-state index in [2.05, 4.69) is 31.2 Å². The lowest BCUT2D eigenvalue weighted by Gasteiger charge is -2.71. The molecule has 2 bridgehead atoms. The molecule has 0 spiro atoms. The number of halogens is 1. The Bertz CT molecular complexity index is 357. The second-order valence-corrected chi connectivity index (χ2v) is 5.76. The number of alkyl halides is 1. The minimum absolute atomic E-state index is 0.529. The van der Waals surface area contributed by atoms with Gasteiger partial charge >= 0.3 is 0 Å². The van der Waals surface area contributed by atoms with E-state index >= 15 is 0 Å². The Morgan fingerprint density at radius 3 is 2.20 bits per heavy atom. The second kappa shape index (κ2) is 3.01. The van der Waals surface area contributed by atoms with Crippen LogP contribution < -0.4 is 0 Å². The molecule has 0 saturated heterocycles. The maximum atomic E-state index is 5.98. The van der Waals surface area contributed by atoms with Crippen molar-refractivity contribution in [1.29, 1.82) is 0 Å². The lowest BCUT2D eigenvalue weighted by Crippen LogP contribution is -2.65. The molecule has 3 aliphatic carbocycles. The molecular formula is C14H17Cl. The predicted molar refractivity (Wildman–Crippen MR) is 64.5 cm³/mol. The van der Waals surface area contributed by atoms with Gasteiger partial charge in [-0.25, -0.2) is 0 Å². The third kappa shape index (κ3) is 1.21. The Morgan fingerprint density at radius 2 is 1.73 bits per heavy atom. The van der Waals surface area contributed by atoms with Gasteiger partial charge in [-0.1, -0.05) is 31.2 Å². The van der Waals surface area contributed by atoms with Gasteiger partial charge in [-0.15, -0.1) is 11.6 Å². The Morgan fingerprint density at radius 1 is 1.13 bits per heavy atom. The van der Waals surface area contributed by atoms with Crippen LogP contribution in [0.5, 0.6) is 0 Å². The highest BCUT2D eigenvalue weighted by Gasteiger charge is 2.67. The molecule has 4 rings (SSSR count). The first-order valence-electron chi connectivity index (χ1n) is 5.87. The van der Waals surface area contributed by atoms with E-state index in [1.54, 1.807) is 5.56 Å². The van der Waals surface area contributed by atoms with E-state index in [0.717, 1.165) is 12.3 Å². The third-order valence-corrected chi connectivity index (χ3v) is 4.97. The summed E-state index contributed by atoms with van der Waals surface area (Å²) in [6.07, 6.45) is 5.12. The minimum Gasteiger partial charge on any atom is -0.126 e. The van der Waals surface area contributed by atoms with Crippen molar-refractivity contribution >= 4 is 11.6 Å². The molecule has 0 radical (unpaired) electrons. The first-order chi connectivity index (χ1) is 7.22. The van der Waals surface area contributed by atoms with Crippen molar-refractivity contribution in [2.45, 2.75) is 38.0 Å². The normalized spacial score (nSPS) is 36.9. The highest BCUT2D eigenvalue weighted by Crippen LogP contribution is 2.73. The molecule has 1 aromatic rings. The highest BCUT2D eigenvalue weighted by atomic mass is 35.5. The van der Waals surface area contributed by atoms with Gasteiger partial charge in [0.2, 0.25) is 0 Å². The molecule has 0 atom stereocenters. The first kappa shape index (κ1) is 9.72. The largest absolute Gasteiger partial charge is 0.126 e. The molecule has 1 aromatic carbocycles. The molecule has 15 heavy (non-hydrogen) atoms. The zero-order valence-corrected chi connectivity index (χ0v) is 9.98. The standard InChI is InChI=1S/C14H17Cl/c1-2-11-3-5-12(6-4-11)14-7-13(8-14,9-14)10-15/h3-6H,2,7-10H2,1H3. The number of hydrogen-bond acceptors (Lipinski definition) is 0. The molecule has 0 heterocycles. The van der Waals surface area contributed by atoms with Crippen LogP contribution in [0.4, 0.5) is 0 Å². The molecule has 3 saturated carbocycles. The topological polar surface area (TPSA) is 0 Å². The summed E-state index contributed by atoms with van der Waals surface area (Å²) < 4.78 is 0. The van der Waals surface area contributed by atoms with Crippen LogP contribution >= 0.6 is 11.6 Å². The van der Waals surface area contributed by atoms with E-state index in [9.17, 15) is 0 Å². The summed E-state index contributed by atoms with van der Waals surface area (Å²) in [5, 5.41) is 0. The van der Waals surface area contributed by atoms with Crippen molar-refractivity contribution in [2.75, 3.05) is 5.88 Å². The van der Waals surface area contributed by atoms with Crippen molar-refractivity contribution in [1.82, 2.24) is 0 Å². The molecule has 80 valence electrons. The quantitative estimate of drug-likeness (QED) is 0.678. The maximum Gasteiger partial charge on any atom is 0.0280 e. The van der Waals surface area contributed by atoms with Crippen molar-refractivity contribution in [3.8, 4) is 0 Å². The van der Waals surface area contributed by atoms with E-state index in [4.69, 9.17) is 11.6 Å². The smallest absolute Gasteiger partial charge is 0.0280 e. The van der Waals surface area contributed by atoms with E-state index in [-0.39, 0.29) is 0 Å². The molecule has 0 unspecified atom stereocenters. The first-order valence-corrected chi connectivity index (χ1v) is 6.41. The lowest BCUT2D eigenvalue weighted by molar-refractivity contribution is -0.122. The van der Waals surface area contributed by atoms with Crippen LogP contribution in [0.3, 0.4) is 0 Å². The molecular weight excluding hydrogens is 204 g/mol. The molecule has 0 nitrogen and oxygen atoms in total. The fourth-order valence-corrected chi connectivity index (χ4v) is 3.82. The van der Waals surface area contributed by atoms with Gasteiger partial charge in [-0.05, 0) is 47.6 Å². The van der Waals surface area contributed by atoms with Crippen molar-refractivity contribution in [2.24, 2.45) is 5.41 Å². The average molecular weight is 221 g/mol. The minimum atomic E-state index is 0.529. The SMILES string of the molecule is CCc1ccc(C23CC(CCl)(C2)C3)cc1. The maximum absolute atomic E-state index is 5.98. The van der Waals surface area contributed by atoms with Crippen LogP contribution in [0, 0.1) is 5.41 Å². The number of hydrogen-bond donors (Lipinski definition) is 0.